The first-order valence-corrected chi connectivity index (χ1v) is 7.19. The molecule has 0 heterocycles. The summed E-state index contributed by atoms with van der Waals surface area (Å²) in [5, 5.41) is 2.87. The van der Waals surface area contributed by atoms with Crippen molar-refractivity contribution in [2.45, 2.75) is 6.54 Å². The van der Waals surface area contributed by atoms with Gasteiger partial charge in [-0.25, -0.2) is 0 Å². The van der Waals surface area contributed by atoms with Gasteiger partial charge in [0.1, 0.15) is 4.99 Å². The second-order valence-corrected chi connectivity index (χ2v) is 5.61. The first-order valence-electron chi connectivity index (χ1n) is 5.99. The molecule has 0 atom stereocenters. The number of hydrogen-bond acceptors (Lipinski definition) is 2. The van der Waals surface area contributed by atoms with Gasteiger partial charge in [0, 0.05) is 22.1 Å². The van der Waals surface area contributed by atoms with E-state index in [0.717, 1.165) is 15.6 Å². The Kier molecular flexibility index (Phi) is 4.87. The van der Waals surface area contributed by atoms with E-state index < -0.39 is 0 Å². The SMILES string of the molecule is NC(=S)c1ccc(CNC(=O)c2ccc(Br)cc2)cc1. The lowest BCUT2D eigenvalue weighted by Crippen LogP contribution is -2.22. The van der Waals surface area contributed by atoms with E-state index in [0.29, 0.717) is 17.1 Å². The van der Waals surface area contributed by atoms with Crippen LogP contribution in [0.5, 0.6) is 0 Å². The summed E-state index contributed by atoms with van der Waals surface area (Å²) < 4.78 is 0.947. The molecule has 0 bridgehead atoms. The van der Waals surface area contributed by atoms with Crippen LogP contribution in [0.1, 0.15) is 21.5 Å². The monoisotopic (exact) mass is 348 g/mol. The first-order chi connectivity index (χ1) is 9.56. The van der Waals surface area contributed by atoms with E-state index in [1.54, 1.807) is 12.1 Å². The fourth-order valence-electron chi connectivity index (χ4n) is 1.67. The molecule has 2 aromatic carbocycles. The highest BCUT2D eigenvalue weighted by atomic mass is 79.9. The molecule has 0 saturated heterocycles. The van der Waals surface area contributed by atoms with Gasteiger partial charge in [-0.1, -0.05) is 52.4 Å². The number of carbonyl (C=O) groups is 1. The predicted octanol–water partition coefficient (Wildman–Crippen LogP) is 3.01. The number of nitrogens with one attached hydrogen (secondary N) is 1. The number of thiocarbonyl (C=S) groups is 1. The molecule has 0 aliphatic carbocycles. The van der Waals surface area contributed by atoms with Gasteiger partial charge in [0.05, 0.1) is 0 Å². The summed E-state index contributed by atoms with van der Waals surface area (Å²) in [5.74, 6) is -0.101. The van der Waals surface area contributed by atoms with Crippen molar-refractivity contribution in [3.8, 4) is 0 Å². The van der Waals surface area contributed by atoms with E-state index in [4.69, 9.17) is 18.0 Å². The van der Waals surface area contributed by atoms with Crippen molar-refractivity contribution < 1.29 is 4.79 Å². The molecule has 0 aliphatic rings. The van der Waals surface area contributed by atoms with Crippen LogP contribution in [0.25, 0.3) is 0 Å². The molecule has 102 valence electrons. The van der Waals surface area contributed by atoms with Crippen molar-refractivity contribution in [1.29, 1.82) is 0 Å². The molecule has 3 nitrogen and oxygen atoms in total. The third kappa shape index (κ3) is 3.88. The Morgan fingerprint density at radius 1 is 1.05 bits per heavy atom. The molecule has 5 heteroatoms. The van der Waals surface area contributed by atoms with Crippen LogP contribution >= 0.6 is 28.1 Å². The molecule has 0 saturated carbocycles. The number of halogens is 1. The zero-order valence-corrected chi connectivity index (χ0v) is 13.0. The van der Waals surface area contributed by atoms with Gasteiger partial charge in [0.2, 0.25) is 0 Å². The number of amides is 1. The van der Waals surface area contributed by atoms with Crippen molar-refractivity contribution >= 4 is 39.0 Å². The van der Waals surface area contributed by atoms with Crippen LogP contribution < -0.4 is 11.1 Å². The van der Waals surface area contributed by atoms with Gasteiger partial charge >= 0.3 is 0 Å². The van der Waals surface area contributed by atoms with Crippen molar-refractivity contribution in [3.05, 3.63) is 69.7 Å². The van der Waals surface area contributed by atoms with Crippen LogP contribution in [-0.4, -0.2) is 10.9 Å². The summed E-state index contributed by atoms with van der Waals surface area (Å²) in [6, 6.07) is 14.7. The molecular formula is C15H13BrN2OS. The summed E-state index contributed by atoms with van der Waals surface area (Å²) in [6.45, 7) is 0.465. The molecule has 0 spiro atoms. The fourth-order valence-corrected chi connectivity index (χ4v) is 2.07. The van der Waals surface area contributed by atoms with Crippen LogP contribution in [0.15, 0.2) is 53.0 Å². The molecule has 0 aromatic heterocycles. The standard InChI is InChI=1S/C15H13BrN2OS/c16-13-7-5-12(6-8-13)15(19)18-9-10-1-3-11(4-2-10)14(17)20/h1-8H,9H2,(H2,17,20)(H,18,19). The van der Waals surface area contributed by atoms with Crippen LogP contribution in [0, 0.1) is 0 Å². The van der Waals surface area contributed by atoms with Gasteiger partial charge < -0.3 is 11.1 Å². The fraction of sp³-hybridized carbons (Fsp3) is 0.0667. The molecule has 0 radical (unpaired) electrons. The maximum absolute atomic E-state index is 11.9. The molecule has 1 amide bonds. The minimum atomic E-state index is -0.101. The summed E-state index contributed by atoms with van der Waals surface area (Å²) in [5.41, 5.74) is 7.98. The van der Waals surface area contributed by atoms with E-state index in [2.05, 4.69) is 21.2 Å². The minimum absolute atomic E-state index is 0.101. The molecule has 3 N–H and O–H groups in total. The average molecular weight is 349 g/mol. The number of carbonyl (C=O) groups excluding carboxylic acids is 1. The Morgan fingerprint density at radius 3 is 2.15 bits per heavy atom. The zero-order valence-electron chi connectivity index (χ0n) is 10.6. The molecule has 2 aromatic rings. The molecule has 0 aliphatic heterocycles. The number of nitrogens with two attached hydrogens (primary N) is 1. The van der Waals surface area contributed by atoms with Gasteiger partial charge in [0.25, 0.3) is 5.91 Å². The normalized spacial score (nSPS) is 10.1. The lowest BCUT2D eigenvalue weighted by molar-refractivity contribution is 0.0951. The van der Waals surface area contributed by atoms with E-state index in [1.807, 2.05) is 36.4 Å². The summed E-state index contributed by atoms with van der Waals surface area (Å²) >= 11 is 8.23. The summed E-state index contributed by atoms with van der Waals surface area (Å²) in [6.07, 6.45) is 0. The Bertz CT molecular complexity index is 623. The van der Waals surface area contributed by atoms with E-state index in [9.17, 15) is 4.79 Å². The zero-order chi connectivity index (χ0) is 14.5. The van der Waals surface area contributed by atoms with Gasteiger partial charge in [-0.15, -0.1) is 0 Å². The maximum atomic E-state index is 11.9. The third-order valence-electron chi connectivity index (χ3n) is 2.80. The van der Waals surface area contributed by atoms with Crippen molar-refractivity contribution in [2.24, 2.45) is 5.73 Å². The van der Waals surface area contributed by atoms with Gasteiger partial charge in [-0.2, -0.15) is 0 Å². The smallest absolute Gasteiger partial charge is 0.251 e. The van der Waals surface area contributed by atoms with Gasteiger partial charge in [0.15, 0.2) is 0 Å². The Labute approximate surface area is 131 Å². The minimum Gasteiger partial charge on any atom is -0.389 e. The Balaban J connectivity index is 1.96. The summed E-state index contributed by atoms with van der Waals surface area (Å²) in [7, 11) is 0. The van der Waals surface area contributed by atoms with Crippen LogP contribution in [-0.2, 0) is 6.54 Å². The van der Waals surface area contributed by atoms with Gasteiger partial charge in [-0.3, -0.25) is 4.79 Å². The van der Waals surface area contributed by atoms with Crippen LogP contribution in [0.2, 0.25) is 0 Å². The van der Waals surface area contributed by atoms with Crippen LogP contribution in [0.3, 0.4) is 0 Å². The lowest BCUT2D eigenvalue weighted by atomic mass is 10.1. The molecule has 2 rings (SSSR count). The summed E-state index contributed by atoms with van der Waals surface area (Å²) in [4.78, 5) is 12.3. The number of benzene rings is 2. The topological polar surface area (TPSA) is 55.1 Å². The molecule has 0 fully saturated rings. The third-order valence-corrected chi connectivity index (χ3v) is 3.56. The van der Waals surface area contributed by atoms with Crippen molar-refractivity contribution in [2.75, 3.05) is 0 Å². The second-order valence-electron chi connectivity index (χ2n) is 4.25. The Morgan fingerprint density at radius 2 is 1.60 bits per heavy atom. The highest BCUT2D eigenvalue weighted by Gasteiger charge is 2.05. The Hall–Kier alpha value is -1.72. The molecule has 20 heavy (non-hydrogen) atoms. The van der Waals surface area contributed by atoms with E-state index >= 15 is 0 Å². The van der Waals surface area contributed by atoms with Crippen molar-refractivity contribution in [3.63, 3.8) is 0 Å². The van der Waals surface area contributed by atoms with Gasteiger partial charge in [-0.05, 0) is 29.8 Å². The number of rotatable bonds is 4. The van der Waals surface area contributed by atoms with Crippen molar-refractivity contribution in [1.82, 2.24) is 5.32 Å². The largest absolute Gasteiger partial charge is 0.389 e. The highest BCUT2D eigenvalue weighted by molar-refractivity contribution is 9.10. The maximum Gasteiger partial charge on any atom is 0.251 e. The second kappa shape index (κ2) is 6.63. The van der Waals surface area contributed by atoms with E-state index in [-0.39, 0.29) is 5.91 Å². The molecular weight excluding hydrogens is 336 g/mol. The lowest BCUT2D eigenvalue weighted by Gasteiger charge is -2.06. The first kappa shape index (κ1) is 14.7. The van der Waals surface area contributed by atoms with Crippen LogP contribution in [0.4, 0.5) is 0 Å². The quantitative estimate of drug-likeness (QED) is 0.835. The highest BCUT2D eigenvalue weighted by Crippen LogP contribution is 2.10. The number of hydrogen-bond donors (Lipinski definition) is 2. The predicted molar refractivity (Wildman–Crippen MR) is 87.6 cm³/mol. The molecule has 0 unspecified atom stereocenters. The average Bonchev–Trinajstić information content (AvgIpc) is 2.46. The van der Waals surface area contributed by atoms with E-state index in [1.165, 1.54) is 0 Å².